The molecule has 39 heavy (non-hydrogen) atoms. The average Bonchev–Trinajstić information content (AvgIpc) is 3.46. The fraction of sp³-hybridized carbons (Fsp3) is 0.828. The van der Waals surface area contributed by atoms with Gasteiger partial charge >= 0.3 is 17.9 Å². The van der Waals surface area contributed by atoms with Gasteiger partial charge in [0.05, 0.1) is 18.3 Å². The van der Waals surface area contributed by atoms with Gasteiger partial charge in [0.1, 0.15) is 12.2 Å². The second-order valence-electron chi connectivity index (χ2n) is 12.3. The average molecular weight is 553 g/mol. The quantitative estimate of drug-likeness (QED) is 0.186. The van der Waals surface area contributed by atoms with Gasteiger partial charge in [-0.25, -0.2) is 4.79 Å². The number of carbonyl (C=O) groups is 3. The predicted molar refractivity (Wildman–Crippen MR) is 138 cm³/mol. The van der Waals surface area contributed by atoms with Crippen LogP contribution in [-0.4, -0.2) is 81.1 Å². The van der Waals surface area contributed by atoms with Gasteiger partial charge in [-0.3, -0.25) is 9.59 Å². The molecule has 0 bridgehead atoms. The molecule has 1 saturated carbocycles. The minimum absolute atomic E-state index is 0.0320. The van der Waals surface area contributed by atoms with Gasteiger partial charge in [0, 0.05) is 37.0 Å². The number of hydrogen-bond donors (Lipinski definition) is 3. The van der Waals surface area contributed by atoms with Crippen LogP contribution in [0.5, 0.6) is 0 Å². The molecule has 0 aromatic rings. The Morgan fingerprint density at radius 3 is 2.28 bits per heavy atom. The second kappa shape index (κ2) is 10.8. The van der Waals surface area contributed by atoms with E-state index in [4.69, 9.17) is 18.9 Å². The number of epoxide rings is 1. The Kier molecular flexibility index (Phi) is 8.27. The molecule has 2 heterocycles. The molecular weight excluding hydrogens is 508 g/mol. The van der Waals surface area contributed by atoms with E-state index in [1.165, 1.54) is 0 Å². The van der Waals surface area contributed by atoms with Crippen LogP contribution in [0.1, 0.15) is 86.5 Å². The van der Waals surface area contributed by atoms with Crippen molar-refractivity contribution in [1.29, 1.82) is 0 Å². The molecule has 0 aromatic carbocycles. The molecular formula is C29H44O10. The lowest BCUT2D eigenvalue weighted by molar-refractivity contribution is -0.232. The lowest BCUT2D eigenvalue weighted by atomic mass is 9.53. The highest BCUT2D eigenvalue weighted by atomic mass is 16.7. The number of esters is 3. The third-order valence-corrected chi connectivity index (χ3v) is 9.65. The van der Waals surface area contributed by atoms with Crippen LogP contribution in [0.25, 0.3) is 0 Å². The number of carbonyl (C=O) groups excluding carboxylic acids is 3. The Morgan fingerprint density at radius 2 is 1.67 bits per heavy atom. The first-order chi connectivity index (χ1) is 18.3. The normalized spacial score (nSPS) is 46.5. The summed E-state index contributed by atoms with van der Waals surface area (Å²) in [5.74, 6) is -2.94. The summed E-state index contributed by atoms with van der Waals surface area (Å²) < 4.78 is 23.2. The molecule has 10 nitrogen and oxygen atoms in total. The monoisotopic (exact) mass is 552 g/mol. The molecule has 0 unspecified atom stereocenters. The van der Waals surface area contributed by atoms with Gasteiger partial charge in [-0.1, -0.05) is 39.7 Å². The van der Waals surface area contributed by atoms with Gasteiger partial charge in [-0.2, -0.15) is 0 Å². The number of hydrogen-bond acceptors (Lipinski definition) is 10. The van der Waals surface area contributed by atoms with E-state index in [0.717, 1.165) is 6.42 Å². The van der Waals surface area contributed by atoms with Crippen LogP contribution in [0, 0.1) is 17.3 Å². The van der Waals surface area contributed by atoms with Gasteiger partial charge in [0.2, 0.25) is 0 Å². The van der Waals surface area contributed by atoms with Crippen molar-refractivity contribution in [2.24, 2.45) is 17.3 Å². The molecule has 0 radical (unpaired) electrons. The first-order valence-electron chi connectivity index (χ1n) is 14.3. The number of unbranched alkanes of at least 4 members (excludes halogenated alkanes) is 1. The molecule has 11 atom stereocenters. The van der Waals surface area contributed by atoms with Crippen molar-refractivity contribution in [2.75, 3.05) is 0 Å². The molecule has 3 fully saturated rings. The van der Waals surface area contributed by atoms with E-state index in [0.29, 0.717) is 18.4 Å². The highest BCUT2D eigenvalue weighted by Gasteiger charge is 2.86. The van der Waals surface area contributed by atoms with Crippen molar-refractivity contribution < 1.29 is 48.7 Å². The number of aliphatic hydroxyl groups excluding tert-OH is 3. The third kappa shape index (κ3) is 4.71. The van der Waals surface area contributed by atoms with Gasteiger partial charge in [0.25, 0.3) is 0 Å². The molecule has 2 saturated heterocycles. The summed E-state index contributed by atoms with van der Waals surface area (Å²) in [4.78, 5) is 38.0. The van der Waals surface area contributed by atoms with E-state index >= 15 is 0 Å². The van der Waals surface area contributed by atoms with E-state index in [2.05, 4.69) is 0 Å². The Morgan fingerprint density at radius 1 is 1.03 bits per heavy atom. The van der Waals surface area contributed by atoms with Crippen LogP contribution in [0.2, 0.25) is 0 Å². The molecule has 4 rings (SSSR count). The molecule has 4 aliphatic rings. The fourth-order valence-electron chi connectivity index (χ4n) is 7.22. The van der Waals surface area contributed by atoms with Crippen LogP contribution in [0.3, 0.4) is 0 Å². The number of rotatable bonds is 7. The van der Waals surface area contributed by atoms with E-state index in [-0.39, 0.29) is 25.7 Å². The second-order valence-corrected chi connectivity index (χ2v) is 12.3. The summed E-state index contributed by atoms with van der Waals surface area (Å²) in [7, 11) is 0. The van der Waals surface area contributed by atoms with Crippen LogP contribution in [-0.2, 0) is 33.3 Å². The van der Waals surface area contributed by atoms with Crippen molar-refractivity contribution in [3.63, 3.8) is 0 Å². The smallest absolute Gasteiger partial charge is 0.342 e. The summed E-state index contributed by atoms with van der Waals surface area (Å²) >= 11 is 0. The van der Waals surface area contributed by atoms with Crippen molar-refractivity contribution >= 4 is 17.9 Å². The molecule has 1 spiro atoms. The standard InChI is InChI=1S/C29H44O10/c1-7-9-11-22(32)36-17-14-19(30)27(5)23(16(17)4)25(34)29-20(38-26(35)28(29,6)39-29)13-15(3)12-18(24(27)33)37-21(31)10-8-2/h13,16-20,23-25,30,33-34H,7-12,14H2,1-6H3/b15-13-/t16-,17-,18-,19-,20-,23+,24-,25-,27-,28+,29-/m0/s1. The Bertz CT molecular complexity index is 1010. The third-order valence-electron chi connectivity index (χ3n) is 9.65. The summed E-state index contributed by atoms with van der Waals surface area (Å²) in [6, 6.07) is 0. The largest absolute Gasteiger partial charge is 0.462 e. The minimum Gasteiger partial charge on any atom is -0.462 e. The van der Waals surface area contributed by atoms with E-state index in [1.807, 2.05) is 13.8 Å². The SMILES string of the molecule is CCCCC(=O)O[C@H]1C[C@H](O)[C@@]2(C)[C@H]([C@H]1C)[C@H](O)[C@]13O[C@]1(C)C(=O)O[C@H]3/C=C(/C)C[C@H](OC(=O)CCC)[C@@H]2O. The summed E-state index contributed by atoms with van der Waals surface area (Å²) in [6.45, 7) is 10.6. The van der Waals surface area contributed by atoms with E-state index in [1.54, 1.807) is 33.8 Å². The van der Waals surface area contributed by atoms with Crippen molar-refractivity contribution in [3.8, 4) is 0 Å². The summed E-state index contributed by atoms with van der Waals surface area (Å²) in [6.07, 6.45) is -2.41. The zero-order chi connectivity index (χ0) is 28.9. The maximum absolute atomic E-state index is 12.9. The van der Waals surface area contributed by atoms with Crippen LogP contribution in [0.15, 0.2) is 11.6 Å². The summed E-state index contributed by atoms with van der Waals surface area (Å²) in [5, 5.41) is 35.7. The lowest BCUT2D eigenvalue weighted by Crippen LogP contribution is -2.66. The van der Waals surface area contributed by atoms with E-state index < -0.39 is 83.0 Å². The fourth-order valence-corrected chi connectivity index (χ4v) is 7.22. The molecule has 0 aromatic heterocycles. The first kappa shape index (κ1) is 30.0. The molecule has 0 amide bonds. The van der Waals surface area contributed by atoms with E-state index in [9.17, 15) is 29.7 Å². The molecule has 10 heteroatoms. The number of ether oxygens (including phenoxy) is 4. The first-order valence-corrected chi connectivity index (χ1v) is 14.3. The molecule has 220 valence electrons. The lowest BCUT2D eigenvalue weighted by Gasteiger charge is -2.56. The van der Waals surface area contributed by atoms with Crippen molar-refractivity contribution in [2.45, 2.75) is 134 Å². The van der Waals surface area contributed by atoms with Gasteiger partial charge < -0.3 is 34.3 Å². The van der Waals surface area contributed by atoms with Gasteiger partial charge in [0.15, 0.2) is 17.3 Å². The Labute approximate surface area is 230 Å². The number of fused-ring (bicyclic) bond motifs is 1. The van der Waals surface area contributed by atoms with Crippen LogP contribution < -0.4 is 0 Å². The highest BCUT2D eigenvalue weighted by molar-refractivity contribution is 5.88. The minimum atomic E-state index is -1.44. The van der Waals surface area contributed by atoms with Gasteiger partial charge in [-0.15, -0.1) is 0 Å². The zero-order valence-corrected chi connectivity index (χ0v) is 23.8. The Hall–Kier alpha value is -2.01. The van der Waals surface area contributed by atoms with Crippen molar-refractivity contribution in [1.82, 2.24) is 0 Å². The summed E-state index contributed by atoms with van der Waals surface area (Å²) in [5.41, 5.74) is -3.58. The maximum atomic E-state index is 12.9. The zero-order valence-electron chi connectivity index (χ0n) is 23.8. The Balaban J connectivity index is 1.80. The number of aliphatic hydroxyl groups is 3. The van der Waals surface area contributed by atoms with Gasteiger partial charge in [-0.05, 0) is 38.7 Å². The molecule has 2 aliphatic heterocycles. The van der Waals surface area contributed by atoms with Crippen LogP contribution >= 0.6 is 0 Å². The molecule has 3 N–H and O–H groups in total. The van der Waals surface area contributed by atoms with Crippen molar-refractivity contribution in [3.05, 3.63) is 11.6 Å². The topological polar surface area (TPSA) is 152 Å². The maximum Gasteiger partial charge on any atom is 0.342 e. The predicted octanol–water partition coefficient (Wildman–Crippen LogP) is 2.35. The highest BCUT2D eigenvalue weighted by Crippen LogP contribution is 2.64. The molecule has 2 aliphatic carbocycles. The van der Waals surface area contributed by atoms with Crippen LogP contribution in [0.4, 0.5) is 0 Å².